The zero-order valence-electron chi connectivity index (χ0n) is 44.0. The van der Waals surface area contributed by atoms with Crippen molar-refractivity contribution < 1.29 is 43.2 Å². The van der Waals surface area contributed by atoms with Gasteiger partial charge in [0.2, 0.25) is 53.2 Å². The lowest BCUT2D eigenvalue weighted by molar-refractivity contribution is -0.135. The summed E-state index contributed by atoms with van der Waals surface area (Å²) < 4.78 is 0. The molecule has 0 aliphatic rings. The molecule has 0 aliphatic heterocycles. The summed E-state index contributed by atoms with van der Waals surface area (Å²) in [7, 11) is 0. The summed E-state index contributed by atoms with van der Waals surface area (Å²) in [6.07, 6.45) is 5.68. The number of hydrogen-bond donors (Lipinski definition) is 12. The normalized spacial score (nSPS) is 14.6. The van der Waals surface area contributed by atoms with E-state index < -0.39 is 114 Å². The van der Waals surface area contributed by atoms with E-state index in [4.69, 9.17) is 17.2 Å². The Bertz CT molecular complexity index is 2550. The quantitative estimate of drug-likeness (QED) is 0.0334. The van der Waals surface area contributed by atoms with E-state index in [1.54, 1.807) is 44.3 Å². The largest absolute Gasteiger partial charge is 0.370 e. The second-order valence-electron chi connectivity index (χ2n) is 20.4. The lowest BCUT2D eigenvalue weighted by Crippen LogP contribution is -2.59. The number of rotatable bonds is 31. The summed E-state index contributed by atoms with van der Waals surface area (Å²) in [5.41, 5.74) is 20.1. The standard InChI is InChI=1S/C53H77N13O9/c1-29(2)19-34(47(56)69)22-36(20-30(3)4)62-52(74)43(24-37-26-57-28-60-37)63-45(68)27-59-53(75)46(31(5)6)66-48(70)32(7)61-51(73)42(23-35-25-58-40-16-12-11-15-38(35)40)65-50(72)41(17-18-44(55)67)64-49(71)39(54)21-33-13-9-8-10-14-33/h8-16,25-26,28-32,34,36,39,41-43,46,58H,17-24,27,54H2,1-7H3,(H2,55,67)(H2,56,69)(H,57,60)(H,59,75)(H,61,73)(H,62,74)(H,63,68)(H,64,71)(H,65,72)(H,66,70)/t32-,34-,36-,39+,41-,42-,43-,46-/m0/s1. The van der Waals surface area contributed by atoms with Crippen LogP contribution in [0.5, 0.6) is 0 Å². The third-order valence-corrected chi connectivity index (χ3v) is 12.6. The molecule has 4 rings (SSSR count). The maximum atomic E-state index is 14.2. The minimum absolute atomic E-state index is 0.0299. The van der Waals surface area contributed by atoms with E-state index in [0.29, 0.717) is 30.5 Å². The molecule has 0 saturated heterocycles. The number of primary amides is 2. The molecule has 2 heterocycles. The zero-order valence-corrected chi connectivity index (χ0v) is 44.0. The first-order valence-electron chi connectivity index (χ1n) is 25.5. The van der Waals surface area contributed by atoms with Crippen LogP contribution in [0, 0.1) is 23.7 Å². The highest BCUT2D eigenvalue weighted by molar-refractivity contribution is 5.97. The fraction of sp³-hybridized carbons (Fsp3) is 0.509. The van der Waals surface area contributed by atoms with E-state index in [0.717, 1.165) is 16.5 Å². The zero-order chi connectivity index (χ0) is 55.4. The van der Waals surface area contributed by atoms with Crippen LogP contribution in [0.1, 0.15) is 97.4 Å². The van der Waals surface area contributed by atoms with Crippen LogP contribution in [-0.4, -0.2) is 117 Å². The van der Waals surface area contributed by atoms with Gasteiger partial charge in [0.25, 0.3) is 0 Å². The molecular formula is C53H77N13O9. The number of benzene rings is 2. The molecule has 9 amide bonds. The molecule has 15 N–H and O–H groups in total. The lowest BCUT2D eigenvalue weighted by atomic mass is 9.87. The minimum atomic E-state index is -1.34. The van der Waals surface area contributed by atoms with Gasteiger partial charge in [0.15, 0.2) is 0 Å². The molecule has 0 spiro atoms. The van der Waals surface area contributed by atoms with E-state index in [2.05, 4.69) is 52.2 Å². The van der Waals surface area contributed by atoms with Gasteiger partial charge in [0.1, 0.15) is 30.2 Å². The molecule has 8 atom stereocenters. The Morgan fingerprint density at radius 3 is 1.87 bits per heavy atom. The first-order valence-corrected chi connectivity index (χ1v) is 25.5. The topological polar surface area (TPSA) is 360 Å². The number of aromatic nitrogens is 3. The molecule has 408 valence electrons. The van der Waals surface area contributed by atoms with Crippen LogP contribution in [0.3, 0.4) is 0 Å². The van der Waals surface area contributed by atoms with Gasteiger partial charge >= 0.3 is 0 Å². The predicted octanol–water partition coefficient (Wildman–Crippen LogP) is 0.796. The lowest BCUT2D eigenvalue weighted by Gasteiger charge is -2.28. The number of para-hydroxylation sites is 1. The number of nitrogens with two attached hydrogens (primary N) is 3. The van der Waals surface area contributed by atoms with Gasteiger partial charge in [-0.05, 0) is 74.0 Å². The SMILES string of the molecule is CC(C)C[C@@H](C[C@H](CC(C)C)C(N)=O)NC(=O)[C@H](Cc1cnc[nH]1)NC(=O)CNC(=O)[C@@H](NC(=O)[C@H](C)NC(=O)[C@H](Cc1c[nH]c2ccccc12)NC(=O)[C@H](CCC(N)=O)NC(=O)[C@H](N)Cc1ccccc1)C(C)C. The summed E-state index contributed by atoms with van der Waals surface area (Å²) in [6, 6.07) is 8.58. The number of carbonyl (C=O) groups is 9. The second-order valence-corrected chi connectivity index (χ2v) is 20.4. The Morgan fingerprint density at radius 2 is 1.24 bits per heavy atom. The van der Waals surface area contributed by atoms with Crippen molar-refractivity contribution in [3.8, 4) is 0 Å². The van der Waals surface area contributed by atoms with E-state index in [-0.39, 0.29) is 43.9 Å². The maximum Gasteiger partial charge on any atom is 0.243 e. The average Bonchev–Trinajstić information content (AvgIpc) is 4.02. The molecule has 22 heteroatoms. The van der Waals surface area contributed by atoms with E-state index in [9.17, 15) is 43.2 Å². The third-order valence-electron chi connectivity index (χ3n) is 12.6. The van der Waals surface area contributed by atoms with Gasteiger partial charge in [-0.2, -0.15) is 0 Å². The highest BCUT2D eigenvalue weighted by Crippen LogP contribution is 2.22. The fourth-order valence-electron chi connectivity index (χ4n) is 8.66. The highest BCUT2D eigenvalue weighted by atomic mass is 16.2. The van der Waals surface area contributed by atoms with Crippen molar-refractivity contribution in [2.24, 2.45) is 40.9 Å². The molecule has 0 radical (unpaired) electrons. The summed E-state index contributed by atoms with van der Waals surface area (Å²) >= 11 is 0. The number of carbonyl (C=O) groups excluding carboxylic acids is 9. The smallest absolute Gasteiger partial charge is 0.243 e. The molecule has 0 bridgehead atoms. The number of imidazole rings is 1. The van der Waals surface area contributed by atoms with Gasteiger partial charge in [0, 0.05) is 60.2 Å². The van der Waals surface area contributed by atoms with Crippen LogP contribution in [0.25, 0.3) is 10.9 Å². The highest BCUT2D eigenvalue weighted by Gasteiger charge is 2.33. The number of aromatic amines is 2. The average molecular weight is 1040 g/mol. The van der Waals surface area contributed by atoms with Crippen LogP contribution in [0.15, 0.2) is 73.3 Å². The monoisotopic (exact) mass is 1040 g/mol. The molecule has 0 saturated carbocycles. The predicted molar refractivity (Wildman–Crippen MR) is 282 cm³/mol. The Labute approximate surface area is 437 Å². The molecule has 0 aliphatic carbocycles. The fourth-order valence-corrected chi connectivity index (χ4v) is 8.66. The van der Waals surface area contributed by atoms with Crippen LogP contribution in [0.2, 0.25) is 0 Å². The number of nitrogens with zero attached hydrogens (tertiary/aromatic N) is 1. The van der Waals surface area contributed by atoms with Gasteiger partial charge in [-0.3, -0.25) is 43.2 Å². The molecule has 2 aromatic carbocycles. The summed E-state index contributed by atoms with van der Waals surface area (Å²) in [5, 5.41) is 19.6. The van der Waals surface area contributed by atoms with Crippen LogP contribution >= 0.6 is 0 Å². The van der Waals surface area contributed by atoms with Crippen molar-refractivity contribution in [3.63, 3.8) is 0 Å². The van der Waals surface area contributed by atoms with E-state index in [1.165, 1.54) is 19.4 Å². The Hall–Kier alpha value is -7.62. The Kier molecular flexibility index (Phi) is 23.4. The van der Waals surface area contributed by atoms with Crippen LogP contribution < -0.4 is 54.4 Å². The van der Waals surface area contributed by atoms with Gasteiger partial charge in [-0.15, -0.1) is 0 Å². The first kappa shape index (κ1) is 59.9. The molecule has 0 fully saturated rings. The molecule has 22 nitrogen and oxygen atoms in total. The van der Waals surface area contributed by atoms with Crippen molar-refractivity contribution in [2.75, 3.05) is 6.54 Å². The number of H-pyrrole nitrogens is 2. The maximum absolute atomic E-state index is 14.2. The van der Waals surface area contributed by atoms with Crippen molar-refractivity contribution in [1.82, 2.24) is 52.2 Å². The number of amides is 9. The first-order chi connectivity index (χ1) is 35.5. The Morgan fingerprint density at radius 1 is 0.613 bits per heavy atom. The van der Waals surface area contributed by atoms with E-state index in [1.807, 2.05) is 58.0 Å². The summed E-state index contributed by atoms with van der Waals surface area (Å²) in [5.74, 6) is -6.80. The Balaban J connectivity index is 1.45. The number of fused-ring (bicyclic) bond motifs is 1. The van der Waals surface area contributed by atoms with Gasteiger partial charge in [-0.1, -0.05) is 90.1 Å². The molecular weight excluding hydrogens is 963 g/mol. The summed E-state index contributed by atoms with van der Waals surface area (Å²) in [4.78, 5) is 131. The number of hydrogen-bond acceptors (Lipinski definition) is 11. The van der Waals surface area contributed by atoms with Crippen molar-refractivity contribution >= 4 is 64.1 Å². The van der Waals surface area contributed by atoms with E-state index >= 15 is 0 Å². The third kappa shape index (κ3) is 20.0. The molecule has 0 unspecified atom stereocenters. The van der Waals surface area contributed by atoms with Crippen molar-refractivity contribution in [3.05, 3.63) is 90.1 Å². The minimum Gasteiger partial charge on any atom is -0.370 e. The molecule has 4 aromatic rings. The van der Waals surface area contributed by atoms with Crippen LogP contribution in [-0.2, 0) is 62.4 Å². The number of nitrogens with one attached hydrogen (secondary N) is 9. The van der Waals surface area contributed by atoms with Gasteiger partial charge < -0.3 is 64.4 Å². The van der Waals surface area contributed by atoms with Gasteiger partial charge in [0.05, 0.1) is 18.9 Å². The summed E-state index contributed by atoms with van der Waals surface area (Å²) in [6.45, 7) is 12.1. The van der Waals surface area contributed by atoms with Crippen molar-refractivity contribution in [1.29, 1.82) is 0 Å². The van der Waals surface area contributed by atoms with Gasteiger partial charge in [-0.25, -0.2) is 4.98 Å². The molecule has 75 heavy (non-hydrogen) atoms. The molecule has 2 aromatic heterocycles. The second kappa shape index (κ2) is 29.3. The van der Waals surface area contributed by atoms with Crippen LogP contribution in [0.4, 0.5) is 0 Å². The van der Waals surface area contributed by atoms with Crippen molar-refractivity contribution in [2.45, 2.75) is 142 Å².